The Kier molecular flexibility index (Phi) is 4.79. The quantitative estimate of drug-likeness (QED) is 0.792. The Morgan fingerprint density at radius 1 is 1.25 bits per heavy atom. The van der Waals surface area contributed by atoms with Crippen LogP contribution in [-0.4, -0.2) is 45.4 Å². The Balaban J connectivity index is 2.20. The van der Waals surface area contributed by atoms with E-state index in [0.717, 1.165) is 23.1 Å². The number of hydrogen-bond acceptors (Lipinski definition) is 4. The van der Waals surface area contributed by atoms with Crippen molar-refractivity contribution in [1.82, 2.24) is 19.7 Å². The van der Waals surface area contributed by atoms with E-state index in [1.807, 2.05) is 41.8 Å². The minimum atomic E-state index is 0.0712. The molecule has 1 amide bonds. The third kappa shape index (κ3) is 3.19. The van der Waals surface area contributed by atoms with Gasteiger partial charge in [-0.3, -0.25) is 4.79 Å². The van der Waals surface area contributed by atoms with E-state index in [4.69, 9.17) is 0 Å². The summed E-state index contributed by atoms with van der Waals surface area (Å²) in [5.74, 6) is 1.29. The second-order valence-corrected chi connectivity index (χ2v) is 5.44. The molecular weight excluding hydrogens is 272 g/mol. The van der Waals surface area contributed by atoms with Crippen molar-refractivity contribution in [1.29, 1.82) is 0 Å². The molecule has 6 heteroatoms. The molecule has 0 bridgehead atoms. The number of amides is 1. The molecule has 106 valence electrons. The molecule has 0 N–H and O–H groups in total. The van der Waals surface area contributed by atoms with Crippen LogP contribution in [0.2, 0.25) is 0 Å². The van der Waals surface area contributed by atoms with E-state index < -0.39 is 0 Å². The summed E-state index contributed by atoms with van der Waals surface area (Å²) < 4.78 is 2.03. The largest absolute Gasteiger partial charge is 0.348 e. The molecule has 0 aliphatic rings. The monoisotopic (exact) mass is 290 g/mol. The number of carbonyl (C=O) groups excluding carboxylic acids is 1. The molecule has 0 atom stereocenters. The molecule has 0 fully saturated rings. The zero-order chi connectivity index (χ0) is 14.5. The van der Waals surface area contributed by atoms with Crippen molar-refractivity contribution in [2.75, 3.05) is 19.8 Å². The molecule has 0 saturated heterocycles. The van der Waals surface area contributed by atoms with E-state index in [0.29, 0.717) is 5.75 Å². The van der Waals surface area contributed by atoms with Gasteiger partial charge in [0, 0.05) is 26.2 Å². The van der Waals surface area contributed by atoms with Crippen molar-refractivity contribution < 1.29 is 4.79 Å². The molecule has 0 aliphatic heterocycles. The Morgan fingerprint density at radius 2 is 1.95 bits per heavy atom. The molecule has 1 heterocycles. The van der Waals surface area contributed by atoms with Crippen molar-refractivity contribution in [3.8, 4) is 11.4 Å². The van der Waals surface area contributed by atoms with Gasteiger partial charge in [0.15, 0.2) is 11.0 Å². The number of hydrogen-bond donors (Lipinski definition) is 0. The van der Waals surface area contributed by atoms with E-state index in [1.165, 1.54) is 11.8 Å². The molecule has 1 aromatic carbocycles. The van der Waals surface area contributed by atoms with Crippen LogP contribution < -0.4 is 0 Å². The Hall–Kier alpha value is -1.82. The van der Waals surface area contributed by atoms with Crippen molar-refractivity contribution >= 4 is 17.7 Å². The Bertz CT molecular complexity index is 580. The minimum Gasteiger partial charge on any atom is -0.348 e. The zero-order valence-corrected chi connectivity index (χ0v) is 12.7. The van der Waals surface area contributed by atoms with E-state index >= 15 is 0 Å². The van der Waals surface area contributed by atoms with Crippen LogP contribution in [0.1, 0.15) is 6.92 Å². The molecule has 0 aliphatic carbocycles. The fraction of sp³-hybridized carbons (Fsp3) is 0.357. The summed E-state index contributed by atoms with van der Waals surface area (Å²) in [7, 11) is 3.51. The molecule has 1 aromatic heterocycles. The highest BCUT2D eigenvalue weighted by Gasteiger charge is 2.14. The number of thioether (sulfide) groups is 1. The molecule has 0 spiro atoms. The number of carbonyl (C=O) groups is 1. The third-order valence-electron chi connectivity index (χ3n) is 2.89. The van der Waals surface area contributed by atoms with Crippen molar-refractivity contribution in [3.05, 3.63) is 30.3 Å². The molecule has 5 nitrogen and oxygen atoms in total. The second kappa shape index (κ2) is 6.56. The van der Waals surface area contributed by atoms with E-state index in [2.05, 4.69) is 10.2 Å². The average molecular weight is 290 g/mol. The Morgan fingerprint density at radius 3 is 2.55 bits per heavy atom. The predicted octanol–water partition coefficient (Wildman–Crippen LogP) is 2.15. The van der Waals surface area contributed by atoms with Crippen molar-refractivity contribution in [2.45, 2.75) is 18.6 Å². The zero-order valence-electron chi connectivity index (χ0n) is 11.9. The number of nitrogens with zero attached hydrogens (tertiary/aromatic N) is 4. The van der Waals surface area contributed by atoms with E-state index in [1.54, 1.807) is 19.0 Å². The lowest BCUT2D eigenvalue weighted by molar-refractivity contribution is -0.125. The van der Waals surface area contributed by atoms with Crippen LogP contribution in [0.4, 0.5) is 0 Å². The molecule has 2 aromatic rings. The van der Waals surface area contributed by atoms with Crippen molar-refractivity contribution in [2.24, 2.45) is 0 Å². The summed E-state index contributed by atoms with van der Waals surface area (Å²) in [4.78, 5) is 13.2. The van der Waals surface area contributed by atoms with Gasteiger partial charge in [0.2, 0.25) is 5.91 Å². The van der Waals surface area contributed by atoms with Gasteiger partial charge in [-0.1, -0.05) is 42.1 Å². The van der Waals surface area contributed by atoms with Gasteiger partial charge in [0.05, 0.1) is 5.75 Å². The van der Waals surface area contributed by atoms with Crippen molar-refractivity contribution in [3.63, 3.8) is 0 Å². The highest BCUT2D eigenvalue weighted by atomic mass is 32.2. The van der Waals surface area contributed by atoms with Gasteiger partial charge >= 0.3 is 0 Å². The first-order valence-corrected chi connectivity index (χ1v) is 7.43. The van der Waals surface area contributed by atoms with Crippen LogP contribution in [0.5, 0.6) is 0 Å². The Labute approximate surface area is 123 Å². The van der Waals surface area contributed by atoms with Gasteiger partial charge < -0.3 is 9.47 Å². The van der Waals surface area contributed by atoms with Crippen LogP contribution in [-0.2, 0) is 11.3 Å². The molecule has 2 rings (SSSR count). The summed E-state index contributed by atoms with van der Waals surface area (Å²) in [6.07, 6.45) is 0. The standard InChI is InChI=1S/C14H18N4OS/c1-4-18-13(11-8-6-5-7-9-11)15-16-14(18)20-10-12(19)17(2)3/h5-9H,4,10H2,1-3H3. The highest BCUT2D eigenvalue weighted by Crippen LogP contribution is 2.23. The van der Waals surface area contributed by atoms with E-state index in [-0.39, 0.29) is 5.91 Å². The maximum absolute atomic E-state index is 11.6. The van der Waals surface area contributed by atoms with E-state index in [9.17, 15) is 4.79 Å². The molecule has 0 radical (unpaired) electrons. The first-order chi connectivity index (χ1) is 9.63. The molecule has 0 saturated carbocycles. The highest BCUT2D eigenvalue weighted by molar-refractivity contribution is 7.99. The maximum Gasteiger partial charge on any atom is 0.232 e. The van der Waals surface area contributed by atoms with Crippen LogP contribution in [0.3, 0.4) is 0 Å². The SMILES string of the molecule is CCn1c(SCC(=O)N(C)C)nnc1-c1ccccc1. The normalized spacial score (nSPS) is 10.6. The lowest BCUT2D eigenvalue weighted by Crippen LogP contribution is -2.23. The van der Waals surface area contributed by atoms with Gasteiger partial charge in [0.1, 0.15) is 0 Å². The van der Waals surface area contributed by atoms with Gasteiger partial charge in [0.25, 0.3) is 0 Å². The average Bonchev–Trinajstić information content (AvgIpc) is 2.88. The molecular formula is C14H18N4OS. The topological polar surface area (TPSA) is 51.0 Å². The lowest BCUT2D eigenvalue weighted by atomic mass is 10.2. The summed E-state index contributed by atoms with van der Waals surface area (Å²) in [6.45, 7) is 2.82. The van der Waals surface area contributed by atoms with Gasteiger partial charge in [-0.05, 0) is 6.92 Å². The fourth-order valence-electron chi connectivity index (χ4n) is 1.74. The van der Waals surface area contributed by atoms with Crippen LogP contribution in [0.25, 0.3) is 11.4 Å². The summed E-state index contributed by atoms with van der Waals surface area (Å²) >= 11 is 1.42. The minimum absolute atomic E-state index is 0.0712. The number of aromatic nitrogens is 3. The summed E-state index contributed by atoms with van der Waals surface area (Å²) in [5, 5.41) is 9.23. The smallest absolute Gasteiger partial charge is 0.232 e. The first kappa shape index (κ1) is 14.6. The van der Waals surface area contributed by atoms with Gasteiger partial charge in [-0.25, -0.2) is 0 Å². The predicted molar refractivity (Wildman–Crippen MR) is 80.6 cm³/mol. The summed E-state index contributed by atoms with van der Waals surface area (Å²) in [5.41, 5.74) is 1.03. The number of benzene rings is 1. The second-order valence-electron chi connectivity index (χ2n) is 4.49. The summed E-state index contributed by atoms with van der Waals surface area (Å²) in [6, 6.07) is 9.95. The van der Waals surface area contributed by atoms with Crippen LogP contribution in [0, 0.1) is 0 Å². The third-order valence-corrected chi connectivity index (χ3v) is 3.84. The molecule has 0 unspecified atom stereocenters. The number of rotatable bonds is 5. The maximum atomic E-state index is 11.6. The van der Waals surface area contributed by atoms with Crippen LogP contribution in [0.15, 0.2) is 35.5 Å². The fourth-order valence-corrected chi connectivity index (χ4v) is 2.72. The van der Waals surface area contributed by atoms with Crippen LogP contribution >= 0.6 is 11.8 Å². The molecule has 20 heavy (non-hydrogen) atoms. The lowest BCUT2D eigenvalue weighted by Gasteiger charge is -2.10. The van der Waals surface area contributed by atoms with Gasteiger partial charge in [-0.15, -0.1) is 10.2 Å². The first-order valence-electron chi connectivity index (χ1n) is 6.45. The van der Waals surface area contributed by atoms with Gasteiger partial charge in [-0.2, -0.15) is 0 Å².